The fourth-order valence-corrected chi connectivity index (χ4v) is 1.22. The zero-order chi connectivity index (χ0) is 14.3. The number of rotatable bonds is 5. The molecule has 0 aliphatic heterocycles. The Balaban J connectivity index is 2.34. The number of ether oxygens (including phenoxy) is 2. The molecule has 0 saturated carbocycles. The smallest absolute Gasteiger partial charge is 0.325 e. The molecule has 0 radical (unpaired) electrons. The summed E-state index contributed by atoms with van der Waals surface area (Å²) in [6.45, 7) is 1.42. The third-order valence-corrected chi connectivity index (χ3v) is 2.10. The predicted octanol–water partition coefficient (Wildman–Crippen LogP) is 0.589. The lowest BCUT2D eigenvalue weighted by Crippen LogP contribution is -2.45. The average molecular weight is 268 g/mol. The molecule has 1 rings (SSSR count). The summed E-state index contributed by atoms with van der Waals surface area (Å²) in [6.07, 6.45) is -0.595. The van der Waals surface area contributed by atoms with Crippen molar-refractivity contribution in [3.8, 4) is 11.5 Å². The van der Waals surface area contributed by atoms with E-state index in [1.165, 1.54) is 19.2 Å². The van der Waals surface area contributed by atoms with Gasteiger partial charge in [0.1, 0.15) is 18.0 Å². The van der Waals surface area contributed by atoms with E-state index in [0.717, 1.165) is 0 Å². The number of carbonyl (C=O) groups excluding carboxylic acids is 2. The molecular weight excluding hydrogens is 252 g/mol. The van der Waals surface area contributed by atoms with Crippen molar-refractivity contribution in [2.45, 2.75) is 13.2 Å². The molecule has 1 aromatic rings. The summed E-state index contributed by atoms with van der Waals surface area (Å²) < 4.78 is 9.75. The number of nitrogens with one attached hydrogen (secondary N) is 2. The number of hydrogen-bond donors (Lipinski definition) is 3. The first kappa shape index (κ1) is 14.6. The molecule has 1 atom stereocenters. The standard InChI is InChI=1S/C12H16N2O5/c1-8(14-12(17)13-7-11(16)18-2)19-10-5-3-9(15)4-6-10/h3-6,8,15H,7H2,1-2H3,(H2,13,14,17). The van der Waals surface area contributed by atoms with E-state index in [1.54, 1.807) is 19.1 Å². The average Bonchev–Trinajstić information content (AvgIpc) is 2.38. The van der Waals surface area contributed by atoms with E-state index in [2.05, 4.69) is 15.4 Å². The highest BCUT2D eigenvalue weighted by molar-refractivity contribution is 5.80. The second-order valence-electron chi connectivity index (χ2n) is 3.66. The van der Waals surface area contributed by atoms with Crippen molar-refractivity contribution < 1.29 is 24.2 Å². The molecule has 0 saturated heterocycles. The summed E-state index contributed by atoms with van der Waals surface area (Å²) in [5.41, 5.74) is 0. The van der Waals surface area contributed by atoms with Gasteiger partial charge in [-0.25, -0.2) is 4.79 Å². The summed E-state index contributed by atoms with van der Waals surface area (Å²) in [7, 11) is 1.23. The number of benzene rings is 1. The summed E-state index contributed by atoms with van der Waals surface area (Å²) in [5.74, 6) is 0.0876. The van der Waals surface area contributed by atoms with Crippen LogP contribution in [0.5, 0.6) is 11.5 Å². The van der Waals surface area contributed by atoms with Crippen LogP contribution in [-0.2, 0) is 9.53 Å². The van der Waals surface area contributed by atoms with E-state index in [4.69, 9.17) is 9.84 Å². The van der Waals surface area contributed by atoms with E-state index < -0.39 is 18.2 Å². The Morgan fingerprint density at radius 2 is 1.95 bits per heavy atom. The van der Waals surface area contributed by atoms with Crippen molar-refractivity contribution in [1.29, 1.82) is 0 Å². The van der Waals surface area contributed by atoms with E-state index in [9.17, 15) is 9.59 Å². The predicted molar refractivity (Wildman–Crippen MR) is 66.7 cm³/mol. The Morgan fingerprint density at radius 3 is 2.53 bits per heavy atom. The third kappa shape index (κ3) is 5.62. The SMILES string of the molecule is COC(=O)CNC(=O)NC(C)Oc1ccc(O)cc1. The van der Waals surface area contributed by atoms with Crippen LogP contribution in [0.3, 0.4) is 0 Å². The van der Waals surface area contributed by atoms with Crippen molar-refractivity contribution in [3.63, 3.8) is 0 Å². The van der Waals surface area contributed by atoms with Crippen molar-refractivity contribution in [2.75, 3.05) is 13.7 Å². The molecule has 1 aromatic carbocycles. The summed E-state index contributed by atoms with van der Waals surface area (Å²) in [4.78, 5) is 22.2. The number of amides is 2. The van der Waals surface area contributed by atoms with Gasteiger partial charge in [0.2, 0.25) is 0 Å². The highest BCUT2D eigenvalue weighted by atomic mass is 16.5. The van der Waals surface area contributed by atoms with Crippen LogP contribution in [0.1, 0.15) is 6.92 Å². The van der Waals surface area contributed by atoms with Gasteiger partial charge in [-0.15, -0.1) is 0 Å². The Hall–Kier alpha value is -2.44. The number of urea groups is 1. The highest BCUT2D eigenvalue weighted by Gasteiger charge is 2.09. The molecule has 0 heterocycles. The van der Waals surface area contributed by atoms with Crippen LogP contribution in [0, 0.1) is 0 Å². The number of phenolic OH excluding ortho intramolecular Hbond substituents is 1. The maximum absolute atomic E-state index is 11.4. The molecule has 0 aromatic heterocycles. The van der Waals surface area contributed by atoms with Gasteiger partial charge in [0.05, 0.1) is 7.11 Å². The van der Waals surface area contributed by atoms with Gasteiger partial charge in [-0.05, 0) is 31.2 Å². The minimum absolute atomic E-state index is 0.129. The lowest BCUT2D eigenvalue weighted by molar-refractivity contribution is -0.139. The molecule has 7 nitrogen and oxygen atoms in total. The van der Waals surface area contributed by atoms with Gasteiger partial charge in [-0.1, -0.05) is 0 Å². The van der Waals surface area contributed by atoms with Crippen LogP contribution in [0.15, 0.2) is 24.3 Å². The molecule has 104 valence electrons. The van der Waals surface area contributed by atoms with E-state index >= 15 is 0 Å². The number of methoxy groups -OCH3 is 1. The number of phenols is 1. The Labute approximate surface area is 110 Å². The molecule has 0 fully saturated rings. The first-order valence-corrected chi connectivity index (χ1v) is 5.58. The van der Waals surface area contributed by atoms with Crippen molar-refractivity contribution >= 4 is 12.0 Å². The number of aromatic hydroxyl groups is 1. The second-order valence-corrected chi connectivity index (χ2v) is 3.66. The van der Waals surface area contributed by atoms with Gasteiger partial charge >= 0.3 is 12.0 Å². The quantitative estimate of drug-likeness (QED) is 0.536. The normalized spacial score (nSPS) is 11.3. The minimum Gasteiger partial charge on any atom is -0.508 e. The van der Waals surface area contributed by atoms with Crippen LogP contribution >= 0.6 is 0 Å². The first-order valence-electron chi connectivity index (χ1n) is 5.58. The monoisotopic (exact) mass is 268 g/mol. The Morgan fingerprint density at radius 1 is 1.32 bits per heavy atom. The lowest BCUT2D eigenvalue weighted by Gasteiger charge is -2.16. The van der Waals surface area contributed by atoms with Crippen LogP contribution in [-0.4, -0.2) is 37.0 Å². The summed E-state index contributed by atoms with van der Waals surface area (Å²) >= 11 is 0. The molecule has 1 unspecified atom stereocenters. The topological polar surface area (TPSA) is 96.9 Å². The zero-order valence-corrected chi connectivity index (χ0v) is 10.7. The third-order valence-electron chi connectivity index (χ3n) is 2.10. The molecule has 0 spiro atoms. The second kappa shape index (κ2) is 7.10. The molecule has 7 heteroatoms. The van der Waals surface area contributed by atoms with Gasteiger partial charge < -0.3 is 25.2 Å². The van der Waals surface area contributed by atoms with Crippen LogP contribution in [0.2, 0.25) is 0 Å². The molecule has 0 aliphatic carbocycles. The van der Waals surface area contributed by atoms with Gasteiger partial charge in [0, 0.05) is 0 Å². The first-order chi connectivity index (χ1) is 9.01. The van der Waals surface area contributed by atoms with Crippen LogP contribution < -0.4 is 15.4 Å². The number of esters is 1. The molecule has 0 bridgehead atoms. The van der Waals surface area contributed by atoms with Gasteiger partial charge in [-0.3, -0.25) is 4.79 Å². The van der Waals surface area contributed by atoms with Crippen molar-refractivity contribution in [1.82, 2.24) is 10.6 Å². The maximum Gasteiger partial charge on any atom is 0.325 e. The zero-order valence-electron chi connectivity index (χ0n) is 10.7. The van der Waals surface area contributed by atoms with Crippen LogP contribution in [0.4, 0.5) is 4.79 Å². The Kier molecular flexibility index (Phi) is 5.46. The molecule has 19 heavy (non-hydrogen) atoms. The van der Waals surface area contributed by atoms with E-state index in [0.29, 0.717) is 5.75 Å². The van der Waals surface area contributed by atoms with Gasteiger partial charge in [-0.2, -0.15) is 0 Å². The molecule has 3 N–H and O–H groups in total. The fraction of sp³-hybridized carbons (Fsp3) is 0.333. The van der Waals surface area contributed by atoms with Crippen LogP contribution in [0.25, 0.3) is 0 Å². The summed E-state index contributed by atoms with van der Waals surface area (Å²) in [6, 6.07) is 5.54. The lowest BCUT2D eigenvalue weighted by atomic mass is 10.3. The fourth-order valence-electron chi connectivity index (χ4n) is 1.22. The van der Waals surface area contributed by atoms with E-state index in [-0.39, 0.29) is 12.3 Å². The maximum atomic E-state index is 11.4. The Bertz CT molecular complexity index is 432. The van der Waals surface area contributed by atoms with Crippen molar-refractivity contribution in [2.24, 2.45) is 0 Å². The molecular formula is C12H16N2O5. The minimum atomic E-state index is -0.595. The summed E-state index contributed by atoms with van der Waals surface area (Å²) in [5, 5.41) is 13.9. The van der Waals surface area contributed by atoms with Crippen molar-refractivity contribution in [3.05, 3.63) is 24.3 Å². The number of carbonyl (C=O) groups is 2. The largest absolute Gasteiger partial charge is 0.508 e. The molecule has 2 amide bonds. The number of hydrogen-bond acceptors (Lipinski definition) is 5. The van der Waals surface area contributed by atoms with Gasteiger partial charge in [0.15, 0.2) is 6.23 Å². The van der Waals surface area contributed by atoms with E-state index in [1.807, 2.05) is 0 Å². The van der Waals surface area contributed by atoms with Gasteiger partial charge in [0.25, 0.3) is 0 Å². The highest BCUT2D eigenvalue weighted by Crippen LogP contribution is 2.16. The molecule has 0 aliphatic rings.